The molecule has 0 spiro atoms. The first kappa shape index (κ1) is 17.3. The van der Waals surface area contributed by atoms with Crippen LogP contribution in [0.3, 0.4) is 0 Å². The number of nitrogens with zero attached hydrogens (tertiary/aromatic N) is 6. The highest BCUT2D eigenvalue weighted by Gasteiger charge is 2.22. The Morgan fingerprint density at radius 2 is 2.12 bits per heavy atom. The lowest BCUT2D eigenvalue weighted by Gasteiger charge is -2.22. The summed E-state index contributed by atoms with van der Waals surface area (Å²) < 4.78 is 0. The summed E-state index contributed by atoms with van der Waals surface area (Å²) in [6, 6.07) is 1.99. The number of aromatic nitrogens is 4. The second kappa shape index (κ2) is 7.60. The number of amides is 1. The van der Waals surface area contributed by atoms with Gasteiger partial charge in [0.1, 0.15) is 0 Å². The van der Waals surface area contributed by atoms with Gasteiger partial charge < -0.3 is 9.80 Å². The second-order valence-electron chi connectivity index (χ2n) is 6.57. The van der Waals surface area contributed by atoms with E-state index in [4.69, 9.17) is 0 Å². The van der Waals surface area contributed by atoms with Gasteiger partial charge in [0.15, 0.2) is 0 Å². The fraction of sp³-hybridized carbons (Fsp3) is 0.529. The van der Waals surface area contributed by atoms with E-state index in [-0.39, 0.29) is 5.91 Å². The molecule has 1 aliphatic rings. The Balaban J connectivity index is 1.65. The van der Waals surface area contributed by atoms with Gasteiger partial charge in [-0.1, -0.05) is 0 Å². The van der Waals surface area contributed by atoms with Crippen molar-refractivity contribution < 1.29 is 4.79 Å². The number of rotatable bonds is 4. The SMILES string of the molecule is Cc1nc(N(C)C)ncc1C(=O)N1CCCN(Cc2ccn[nH]2)CC1. The van der Waals surface area contributed by atoms with Crippen LogP contribution in [0.25, 0.3) is 0 Å². The summed E-state index contributed by atoms with van der Waals surface area (Å²) in [7, 11) is 3.78. The molecule has 1 fully saturated rings. The molecule has 0 aromatic carbocycles. The van der Waals surface area contributed by atoms with Crippen molar-refractivity contribution in [1.29, 1.82) is 0 Å². The average Bonchev–Trinajstić information content (AvgIpc) is 2.98. The molecule has 3 rings (SSSR count). The third kappa shape index (κ3) is 4.14. The quantitative estimate of drug-likeness (QED) is 0.889. The third-order valence-electron chi connectivity index (χ3n) is 4.43. The normalized spacial score (nSPS) is 15.9. The highest BCUT2D eigenvalue weighted by atomic mass is 16.2. The molecule has 2 aromatic rings. The van der Waals surface area contributed by atoms with Gasteiger partial charge >= 0.3 is 0 Å². The summed E-state index contributed by atoms with van der Waals surface area (Å²) in [5.74, 6) is 0.641. The molecule has 0 atom stereocenters. The first-order valence-corrected chi connectivity index (χ1v) is 8.55. The molecule has 1 aliphatic heterocycles. The van der Waals surface area contributed by atoms with Crippen molar-refractivity contribution in [2.24, 2.45) is 0 Å². The van der Waals surface area contributed by atoms with Crippen LogP contribution < -0.4 is 4.90 Å². The van der Waals surface area contributed by atoms with Crippen LogP contribution in [-0.4, -0.2) is 76.1 Å². The lowest BCUT2D eigenvalue weighted by atomic mass is 10.2. The van der Waals surface area contributed by atoms with E-state index in [1.807, 2.05) is 36.9 Å². The fourth-order valence-corrected chi connectivity index (χ4v) is 3.00. The van der Waals surface area contributed by atoms with Crippen molar-refractivity contribution >= 4 is 11.9 Å². The van der Waals surface area contributed by atoms with Crippen molar-refractivity contribution in [2.75, 3.05) is 45.2 Å². The van der Waals surface area contributed by atoms with Crippen LogP contribution in [0.4, 0.5) is 5.95 Å². The minimum atomic E-state index is 0.0196. The van der Waals surface area contributed by atoms with E-state index in [2.05, 4.69) is 25.1 Å². The number of aryl methyl sites for hydroxylation is 1. The summed E-state index contributed by atoms with van der Waals surface area (Å²) in [6.07, 6.45) is 4.37. The molecule has 8 heteroatoms. The monoisotopic (exact) mass is 343 g/mol. The average molecular weight is 343 g/mol. The molecule has 3 heterocycles. The maximum atomic E-state index is 12.9. The van der Waals surface area contributed by atoms with E-state index in [0.29, 0.717) is 18.1 Å². The topological polar surface area (TPSA) is 81.2 Å². The third-order valence-corrected chi connectivity index (χ3v) is 4.43. The van der Waals surface area contributed by atoms with Gasteiger partial charge in [0.05, 0.1) is 11.3 Å². The molecule has 0 unspecified atom stereocenters. The Morgan fingerprint density at radius 1 is 1.28 bits per heavy atom. The molecular weight excluding hydrogens is 318 g/mol. The van der Waals surface area contributed by atoms with Crippen LogP contribution in [0.1, 0.15) is 28.2 Å². The smallest absolute Gasteiger partial charge is 0.257 e. The molecular formula is C17H25N7O. The zero-order valence-corrected chi connectivity index (χ0v) is 15.1. The summed E-state index contributed by atoms with van der Waals surface area (Å²) in [5, 5.41) is 6.98. The molecule has 25 heavy (non-hydrogen) atoms. The molecule has 1 N–H and O–H groups in total. The lowest BCUT2D eigenvalue weighted by Crippen LogP contribution is -2.35. The predicted molar refractivity (Wildman–Crippen MR) is 95.5 cm³/mol. The molecule has 8 nitrogen and oxygen atoms in total. The number of aromatic amines is 1. The van der Waals surface area contributed by atoms with Gasteiger partial charge in [-0.05, 0) is 19.4 Å². The zero-order valence-electron chi connectivity index (χ0n) is 15.1. The number of hydrogen-bond donors (Lipinski definition) is 1. The van der Waals surface area contributed by atoms with Crippen LogP contribution in [-0.2, 0) is 6.54 Å². The maximum Gasteiger partial charge on any atom is 0.257 e. The molecule has 0 bridgehead atoms. The van der Waals surface area contributed by atoms with Gasteiger partial charge in [0.2, 0.25) is 5.95 Å². The number of carbonyl (C=O) groups excluding carboxylic acids is 1. The van der Waals surface area contributed by atoms with E-state index in [9.17, 15) is 4.79 Å². The molecule has 0 aliphatic carbocycles. The molecule has 1 amide bonds. The largest absolute Gasteiger partial charge is 0.347 e. The number of anilines is 1. The Labute approximate surface area is 147 Å². The Bertz CT molecular complexity index is 714. The van der Waals surface area contributed by atoms with Gasteiger partial charge in [-0.25, -0.2) is 9.97 Å². The first-order chi connectivity index (χ1) is 12.0. The second-order valence-corrected chi connectivity index (χ2v) is 6.57. The van der Waals surface area contributed by atoms with E-state index in [1.165, 1.54) is 0 Å². The van der Waals surface area contributed by atoms with Crippen molar-refractivity contribution in [1.82, 2.24) is 30.0 Å². The predicted octanol–water partition coefficient (Wildman–Crippen LogP) is 0.922. The van der Waals surface area contributed by atoms with E-state index >= 15 is 0 Å². The Hall–Kier alpha value is -2.48. The van der Waals surface area contributed by atoms with Gasteiger partial charge in [-0.2, -0.15) is 5.10 Å². The summed E-state index contributed by atoms with van der Waals surface area (Å²) in [4.78, 5) is 27.7. The van der Waals surface area contributed by atoms with E-state index in [0.717, 1.165) is 44.0 Å². The fourth-order valence-electron chi connectivity index (χ4n) is 3.00. The van der Waals surface area contributed by atoms with E-state index < -0.39 is 0 Å². The summed E-state index contributed by atoms with van der Waals surface area (Å²) in [6.45, 7) is 5.99. The highest BCUT2D eigenvalue weighted by molar-refractivity contribution is 5.95. The Kier molecular flexibility index (Phi) is 5.28. The zero-order chi connectivity index (χ0) is 17.8. The first-order valence-electron chi connectivity index (χ1n) is 8.55. The maximum absolute atomic E-state index is 12.9. The van der Waals surface area contributed by atoms with Crippen molar-refractivity contribution in [3.8, 4) is 0 Å². The Morgan fingerprint density at radius 3 is 2.80 bits per heavy atom. The highest BCUT2D eigenvalue weighted by Crippen LogP contribution is 2.14. The van der Waals surface area contributed by atoms with Crippen LogP contribution in [0.2, 0.25) is 0 Å². The standard InChI is InChI=1S/C17H25N7O/c1-13-15(11-18-17(20-13)22(2)3)16(25)24-8-4-7-23(9-10-24)12-14-5-6-19-21-14/h5-6,11H,4,7-10,12H2,1-3H3,(H,19,21). The number of hydrogen-bond acceptors (Lipinski definition) is 6. The van der Waals surface area contributed by atoms with Gasteiger partial charge in [-0.3, -0.25) is 14.8 Å². The molecule has 1 saturated heterocycles. The van der Waals surface area contributed by atoms with Crippen molar-refractivity contribution in [2.45, 2.75) is 19.9 Å². The number of nitrogens with one attached hydrogen (secondary N) is 1. The molecule has 0 radical (unpaired) electrons. The number of H-pyrrole nitrogens is 1. The summed E-state index contributed by atoms with van der Waals surface area (Å²) in [5.41, 5.74) is 2.41. The van der Waals surface area contributed by atoms with E-state index in [1.54, 1.807) is 12.4 Å². The minimum Gasteiger partial charge on any atom is -0.347 e. The molecule has 2 aromatic heterocycles. The minimum absolute atomic E-state index is 0.0196. The van der Waals surface area contributed by atoms with Crippen molar-refractivity contribution in [3.63, 3.8) is 0 Å². The summed E-state index contributed by atoms with van der Waals surface area (Å²) >= 11 is 0. The molecule has 0 saturated carbocycles. The van der Waals surface area contributed by atoms with Crippen LogP contribution in [0.5, 0.6) is 0 Å². The lowest BCUT2D eigenvalue weighted by molar-refractivity contribution is 0.0759. The van der Waals surface area contributed by atoms with Crippen LogP contribution in [0.15, 0.2) is 18.5 Å². The van der Waals surface area contributed by atoms with Gasteiger partial charge in [0.25, 0.3) is 5.91 Å². The van der Waals surface area contributed by atoms with Crippen molar-refractivity contribution in [3.05, 3.63) is 35.4 Å². The molecule has 134 valence electrons. The van der Waals surface area contributed by atoms with Crippen LogP contribution in [0, 0.1) is 6.92 Å². The van der Waals surface area contributed by atoms with Gasteiger partial charge in [0, 0.05) is 64.9 Å². The van der Waals surface area contributed by atoms with Gasteiger partial charge in [-0.15, -0.1) is 0 Å². The number of carbonyl (C=O) groups is 1. The van der Waals surface area contributed by atoms with Crippen LogP contribution >= 0.6 is 0 Å².